The van der Waals surface area contributed by atoms with Gasteiger partial charge in [0, 0.05) is 19.0 Å². The average Bonchev–Trinajstić information content (AvgIpc) is 3.29. The van der Waals surface area contributed by atoms with E-state index in [4.69, 9.17) is 4.42 Å². The van der Waals surface area contributed by atoms with Gasteiger partial charge in [0.15, 0.2) is 0 Å². The molecule has 0 aliphatic carbocycles. The molecular formula is C20H20N2O5S. The molecule has 1 aromatic carbocycles. The lowest BCUT2D eigenvalue weighted by Crippen LogP contribution is -2.41. The zero-order valence-corrected chi connectivity index (χ0v) is 15.9. The lowest BCUT2D eigenvalue weighted by molar-refractivity contribution is -0.124. The molecule has 0 saturated carbocycles. The topological polar surface area (TPSA) is 99.9 Å². The van der Waals surface area contributed by atoms with E-state index >= 15 is 0 Å². The van der Waals surface area contributed by atoms with Crippen LogP contribution in [0.4, 0.5) is 4.79 Å². The maximum absolute atomic E-state index is 12.4. The Bertz CT molecular complexity index is 864. The molecule has 0 unspecified atom stereocenters. The molecule has 28 heavy (non-hydrogen) atoms. The van der Waals surface area contributed by atoms with Crippen LogP contribution in [-0.2, 0) is 16.0 Å². The minimum absolute atomic E-state index is 0.0184. The van der Waals surface area contributed by atoms with Gasteiger partial charge in [-0.1, -0.05) is 30.3 Å². The summed E-state index contributed by atoms with van der Waals surface area (Å²) in [5.41, 5.74) is 0.996. The number of carbonyl (C=O) groups is 3. The summed E-state index contributed by atoms with van der Waals surface area (Å²) in [6.07, 6.45) is 3.45. The normalized spacial score (nSPS) is 16.6. The molecule has 0 spiro atoms. The van der Waals surface area contributed by atoms with Crippen molar-refractivity contribution in [2.75, 3.05) is 13.2 Å². The lowest BCUT2D eigenvalue weighted by atomic mass is 10.1. The van der Waals surface area contributed by atoms with E-state index < -0.39 is 17.2 Å². The van der Waals surface area contributed by atoms with Gasteiger partial charge in [0.2, 0.25) is 5.91 Å². The van der Waals surface area contributed by atoms with E-state index in [1.54, 1.807) is 12.1 Å². The molecule has 8 heteroatoms. The summed E-state index contributed by atoms with van der Waals surface area (Å²) >= 11 is 0.819. The second-order valence-electron chi connectivity index (χ2n) is 6.24. The number of aliphatic hydroxyl groups excluding tert-OH is 1. The Morgan fingerprint density at radius 1 is 1.21 bits per heavy atom. The number of carbonyl (C=O) groups excluding carboxylic acids is 3. The van der Waals surface area contributed by atoms with Crippen molar-refractivity contribution in [1.82, 2.24) is 10.2 Å². The summed E-state index contributed by atoms with van der Waals surface area (Å²) in [6.45, 7) is -0.219. The van der Waals surface area contributed by atoms with Gasteiger partial charge in [0.25, 0.3) is 11.1 Å². The van der Waals surface area contributed by atoms with Gasteiger partial charge >= 0.3 is 0 Å². The van der Waals surface area contributed by atoms with Gasteiger partial charge in [-0.25, -0.2) is 0 Å². The molecule has 3 rings (SSSR count). The third-order valence-electron chi connectivity index (χ3n) is 4.16. The Morgan fingerprint density at radius 3 is 2.68 bits per heavy atom. The van der Waals surface area contributed by atoms with Crippen molar-refractivity contribution in [3.8, 4) is 0 Å². The Morgan fingerprint density at radius 2 is 2.00 bits per heavy atom. The standard InChI is InChI=1S/C20H20N2O5S/c23-13-15(11-14-5-2-1-3-6-14)21-18(24)8-9-22-19(25)17(28-20(22)26)12-16-7-4-10-27-16/h1-7,10,12,15,23H,8-9,11,13H2,(H,21,24)/b17-12-/t15-/m1/s1. The Hall–Kier alpha value is -2.84. The fraction of sp³-hybridized carbons (Fsp3) is 0.250. The quantitative estimate of drug-likeness (QED) is 0.660. The first kappa shape index (κ1) is 19.9. The number of nitrogens with zero attached hydrogens (tertiary/aromatic N) is 1. The number of imide groups is 1. The third kappa shape index (κ3) is 5.11. The number of thioether (sulfide) groups is 1. The number of hydrogen-bond acceptors (Lipinski definition) is 6. The lowest BCUT2D eigenvalue weighted by Gasteiger charge is -2.18. The second-order valence-corrected chi connectivity index (χ2v) is 7.23. The van der Waals surface area contributed by atoms with E-state index in [0.29, 0.717) is 12.2 Å². The van der Waals surface area contributed by atoms with Crippen LogP contribution in [0.3, 0.4) is 0 Å². The minimum atomic E-state index is -0.442. The molecule has 1 fully saturated rings. The van der Waals surface area contributed by atoms with Crippen molar-refractivity contribution in [3.05, 3.63) is 65.0 Å². The van der Waals surface area contributed by atoms with Gasteiger partial charge in [-0.2, -0.15) is 0 Å². The maximum atomic E-state index is 12.4. The Labute approximate surface area is 166 Å². The van der Waals surface area contributed by atoms with Crippen molar-refractivity contribution in [3.63, 3.8) is 0 Å². The predicted molar refractivity (Wildman–Crippen MR) is 105 cm³/mol. The molecule has 1 aromatic heterocycles. The van der Waals surface area contributed by atoms with Crippen molar-refractivity contribution in [1.29, 1.82) is 0 Å². The Balaban J connectivity index is 1.52. The van der Waals surface area contributed by atoms with Crippen LogP contribution in [0.1, 0.15) is 17.7 Å². The van der Waals surface area contributed by atoms with Crippen molar-refractivity contribution < 1.29 is 23.9 Å². The van der Waals surface area contributed by atoms with E-state index in [0.717, 1.165) is 22.2 Å². The van der Waals surface area contributed by atoms with Crippen LogP contribution in [0.25, 0.3) is 6.08 Å². The highest BCUT2D eigenvalue weighted by Crippen LogP contribution is 2.32. The highest BCUT2D eigenvalue weighted by molar-refractivity contribution is 8.18. The van der Waals surface area contributed by atoms with E-state index in [2.05, 4.69) is 5.32 Å². The summed E-state index contributed by atoms with van der Waals surface area (Å²) in [4.78, 5) is 38.0. The van der Waals surface area contributed by atoms with E-state index in [1.807, 2.05) is 30.3 Å². The molecule has 1 aliphatic heterocycles. The summed E-state index contributed by atoms with van der Waals surface area (Å²) in [5.74, 6) is -0.291. The molecule has 2 aromatic rings. The number of nitrogens with one attached hydrogen (secondary N) is 1. The first-order valence-electron chi connectivity index (χ1n) is 8.80. The SMILES string of the molecule is O=C(CCN1C(=O)S/C(=C\c2ccco2)C1=O)N[C@@H](CO)Cc1ccccc1. The molecule has 7 nitrogen and oxygen atoms in total. The van der Waals surface area contributed by atoms with Gasteiger partial charge in [0.05, 0.1) is 23.8 Å². The molecule has 1 saturated heterocycles. The molecule has 1 aliphatic rings. The summed E-state index contributed by atoms with van der Waals surface area (Å²) in [7, 11) is 0. The molecule has 2 heterocycles. The summed E-state index contributed by atoms with van der Waals surface area (Å²) in [6, 6.07) is 12.5. The zero-order valence-electron chi connectivity index (χ0n) is 15.0. The van der Waals surface area contributed by atoms with Crippen LogP contribution in [0.5, 0.6) is 0 Å². The van der Waals surface area contributed by atoms with Crippen LogP contribution >= 0.6 is 11.8 Å². The van der Waals surface area contributed by atoms with Gasteiger partial charge in [0.1, 0.15) is 5.76 Å². The number of furan rings is 1. The van der Waals surface area contributed by atoms with E-state index in [1.165, 1.54) is 12.3 Å². The fourth-order valence-corrected chi connectivity index (χ4v) is 3.61. The summed E-state index contributed by atoms with van der Waals surface area (Å²) in [5, 5.41) is 11.8. The van der Waals surface area contributed by atoms with Gasteiger partial charge < -0.3 is 14.8 Å². The third-order valence-corrected chi connectivity index (χ3v) is 5.07. The fourth-order valence-electron chi connectivity index (χ4n) is 2.77. The van der Waals surface area contributed by atoms with Gasteiger partial charge in [-0.3, -0.25) is 19.3 Å². The molecule has 2 N–H and O–H groups in total. The number of amides is 3. The predicted octanol–water partition coefficient (Wildman–Crippen LogP) is 2.43. The molecule has 3 amide bonds. The molecule has 0 radical (unpaired) electrons. The molecule has 146 valence electrons. The summed E-state index contributed by atoms with van der Waals surface area (Å²) < 4.78 is 5.16. The molecular weight excluding hydrogens is 380 g/mol. The number of benzene rings is 1. The highest BCUT2D eigenvalue weighted by Gasteiger charge is 2.35. The van der Waals surface area contributed by atoms with E-state index in [9.17, 15) is 19.5 Å². The zero-order chi connectivity index (χ0) is 19.9. The van der Waals surface area contributed by atoms with Crippen LogP contribution in [0, 0.1) is 0 Å². The van der Waals surface area contributed by atoms with Crippen LogP contribution in [0.15, 0.2) is 58.1 Å². The number of hydrogen-bond donors (Lipinski definition) is 2. The van der Waals surface area contributed by atoms with Crippen LogP contribution in [0.2, 0.25) is 0 Å². The molecule has 1 atom stereocenters. The van der Waals surface area contributed by atoms with Crippen molar-refractivity contribution in [2.45, 2.75) is 18.9 Å². The Kier molecular flexibility index (Phi) is 6.67. The van der Waals surface area contributed by atoms with Crippen LogP contribution in [-0.4, -0.2) is 46.3 Å². The van der Waals surface area contributed by atoms with Gasteiger partial charge in [-0.15, -0.1) is 0 Å². The van der Waals surface area contributed by atoms with Gasteiger partial charge in [-0.05, 0) is 35.9 Å². The smallest absolute Gasteiger partial charge is 0.293 e. The average molecular weight is 400 g/mol. The van der Waals surface area contributed by atoms with E-state index in [-0.39, 0.29) is 30.4 Å². The monoisotopic (exact) mass is 400 g/mol. The highest BCUT2D eigenvalue weighted by atomic mass is 32.2. The van der Waals surface area contributed by atoms with Crippen molar-refractivity contribution >= 4 is 34.9 Å². The first-order valence-corrected chi connectivity index (χ1v) is 9.61. The minimum Gasteiger partial charge on any atom is -0.465 e. The maximum Gasteiger partial charge on any atom is 0.293 e. The van der Waals surface area contributed by atoms with Crippen molar-refractivity contribution in [2.24, 2.45) is 0 Å². The largest absolute Gasteiger partial charge is 0.465 e. The second kappa shape index (κ2) is 9.38. The molecule has 0 bridgehead atoms. The number of aliphatic hydroxyl groups is 1. The van der Waals surface area contributed by atoms with Crippen LogP contribution < -0.4 is 5.32 Å². The number of rotatable bonds is 8. The first-order chi connectivity index (χ1) is 13.6.